The second-order valence-corrected chi connectivity index (χ2v) is 24.3. The molecule has 22 heteroatoms. The number of pyridine rings is 1. The van der Waals surface area contributed by atoms with Gasteiger partial charge < -0.3 is 64.1 Å². The summed E-state index contributed by atoms with van der Waals surface area (Å²) in [5, 5.41) is 29.3. The molecule has 476 valence electrons. The number of thiocarbonyl (C=S) groups is 1. The van der Waals surface area contributed by atoms with Crippen LogP contribution in [0.2, 0.25) is 5.02 Å². The summed E-state index contributed by atoms with van der Waals surface area (Å²) in [6.45, 7) is 21.4. The molecule has 0 spiro atoms. The lowest BCUT2D eigenvalue weighted by Crippen LogP contribution is -2.56. The van der Waals surface area contributed by atoms with E-state index in [1.54, 1.807) is 23.1 Å². The van der Waals surface area contributed by atoms with E-state index in [9.17, 15) is 24.6 Å². The Morgan fingerprint density at radius 3 is 2.19 bits per heavy atom. The van der Waals surface area contributed by atoms with Crippen LogP contribution >= 0.6 is 23.8 Å². The first-order valence-corrected chi connectivity index (χ1v) is 32.3. The zero-order chi connectivity index (χ0) is 62.3. The minimum absolute atomic E-state index is 0.0366. The van der Waals surface area contributed by atoms with Crippen LogP contribution in [0.25, 0.3) is 15.6 Å². The molecule has 0 aliphatic carbocycles. The molecule has 3 saturated heterocycles. The molecule has 4 aliphatic rings. The number of fused-ring (bicyclic) bond motifs is 2. The predicted octanol–water partition coefficient (Wildman–Crippen LogP) is 9.81. The summed E-state index contributed by atoms with van der Waals surface area (Å²) >= 11 is 12.6. The molecule has 1 amide bonds. The number of anilines is 3. The van der Waals surface area contributed by atoms with Crippen molar-refractivity contribution in [2.24, 2.45) is 11.8 Å². The van der Waals surface area contributed by atoms with Gasteiger partial charge in [-0.25, -0.2) is 21.1 Å². The quantitative estimate of drug-likeness (QED) is 0.0233. The maximum atomic E-state index is 12.9. The van der Waals surface area contributed by atoms with Crippen LogP contribution < -0.4 is 25.2 Å². The Kier molecular flexibility index (Phi) is 25.5. The van der Waals surface area contributed by atoms with Crippen LogP contribution in [0.3, 0.4) is 0 Å². The number of unbranched alkanes of at least 4 members (excludes halogenated alkanes) is 3. The Morgan fingerprint density at radius 1 is 0.775 bits per heavy atom. The van der Waals surface area contributed by atoms with Crippen molar-refractivity contribution in [3.05, 3.63) is 136 Å². The highest BCUT2D eigenvalue weighted by molar-refractivity contribution is 7.80. The zero-order valence-electron chi connectivity index (χ0n) is 51.0. The van der Waals surface area contributed by atoms with E-state index < -0.39 is 11.9 Å². The van der Waals surface area contributed by atoms with E-state index in [0.29, 0.717) is 133 Å². The highest BCUT2D eigenvalue weighted by Gasteiger charge is 2.35. The SMILES string of the molecule is [C-]#[N+]C[C@H]1CN(c2nc(OC[C@@H]3CCCN3CCCCCCNC(=S)Nc3cc(CC4CCOCCOCCC(Cc5cccc(C(=O)O)n5)CCOCCOCC4)cc(C(=O)O)c3)nc3c2CCN(c2cccc4cccc(Cl)c24)C3)CCN1C(=O)C=C. The number of aromatic nitrogens is 3. The molecule has 3 fully saturated rings. The number of likely N-dealkylation sites (tertiary alicyclic amines) is 1. The van der Waals surface area contributed by atoms with Crippen LogP contribution in [-0.2, 0) is 49.5 Å². The number of benzene rings is 3. The van der Waals surface area contributed by atoms with E-state index in [1.165, 1.54) is 12.1 Å². The average Bonchev–Trinajstić information content (AvgIpc) is 1.81. The predicted molar refractivity (Wildman–Crippen MR) is 349 cm³/mol. The monoisotopic (exact) mass is 1260 g/mol. The van der Waals surface area contributed by atoms with Gasteiger partial charge in [-0.3, -0.25) is 9.69 Å². The minimum atomic E-state index is -1.04. The third-order valence-electron chi connectivity index (χ3n) is 17.3. The largest absolute Gasteiger partial charge is 0.478 e. The van der Waals surface area contributed by atoms with E-state index >= 15 is 0 Å². The molecule has 9 rings (SSSR count). The molecule has 2 aromatic heterocycles. The van der Waals surface area contributed by atoms with Crippen molar-refractivity contribution >= 4 is 74.7 Å². The summed E-state index contributed by atoms with van der Waals surface area (Å²) in [5.41, 5.74) is 5.48. The van der Waals surface area contributed by atoms with Gasteiger partial charge in [0.1, 0.15) is 24.2 Å². The van der Waals surface area contributed by atoms with E-state index in [4.69, 9.17) is 64.0 Å². The summed E-state index contributed by atoms with van der Waals surface area (Å²) in [4.78, 5) is 63.8. The van der Waals surface area contributed by atoms with Gasteiger partial charge in [-0.15, -0.1) is 0 Å². The number of amides is 1. The van der Waals surface area contributed by atoms with E-state index in [1.807, 2.05) is 24.3 Å². The number of hydrogen-bond donors (Lipinski definition) is 4. The molecular formula is C67H85ClN10O10S. The van der Waals surface area contributed by atoms with Crippen molar-refractivity contribution in [2.75, 3.05) is 127 Å². The number of carboxylic acid groups (broad SMARTS) is 2. The van der Waals surface area contributed by atoms with Crippen LogP contribution in [0.5, 0.6) is 6.01 Å². The number of aromatic carboxylic acids is 2. The lowest BCUT2D eigenvalue weighted by atomic mass is 9.92. The minimum Gasteiger partial charge on any atom is -0.478 e. The summed E-state index contributed by atoms with van der Waals surface area (Å²) in [7, 11) is 0. The third kappa shape index (κ3) is 19.5. The van der Waals surface area contributed by atoms with Crippen LogP contribution in [0.4, 0.5) is 17.2 Å². The molecule has 0 bridgehead atoms. The molecule has 4 aliphatic heterocycles. The van der Waals surface area contributed by atoms with E-state index in [0.717, 1.165) is 129 Å². The van der Waals surface area contributed by atoms with Crippen molar-refractivity contribution in [3.8, 4) is 6.01 Å². The fourth-order valence-corrected chi connectivity index (χ4v) is 13.1. The highest BCUT2D eigenvalue weighted by atomic mass is 35.5. The van der Waals surface area contributed by atoms with Gasteiger partial charge in [0.15, 0.2) is 5.11 Å². The second-order valence-electron chi connectivity index (χ2n) is 23.4. The Bertz CT molecular complexity index is 3220. The number of halogens is 1. The third-order valence-corrected chi connectivity index (χ3v) is 17.8. The number of nitrogens with zero attached hydrogens (tertiary/aromatic N) is 8. The lowest BCUT2D eigenvalue weighted by molar-refractivity contribution is -0.128. The number of hydrogen-bond acceptors (Lipinski definition) is 15. The van der Waals surface area contributed by atoms with E-state index in [2.05, 4.69) is 66.0 Å². The molecule has 0 unspecified atom stereocenters. The maximum Gasteiger partial charge on any atom is 0.354 e. The molecule has 6 heterocycles. The number of nitrogens with one attached hydrogen (secondary N) is 2. The summed E-state index contributed by atoms with van der Waals surface area (Å²) < 4.78 is 30.5. The second kappa shape index (κ2) is 34.2. The van der Waals surface area contributed by atoms with Gasteiger partial charge in [0.05, 0.1) is 49.3 Å². The number of carboxylic acids is 2. The van der Waals surface area contributed by atoms with Crippen molar-refractivity contribution in [3.63, 3.8) is 0 Å². The van der Waals surface area contributed by atoms with Gasteiger partial charge >= 0.3 is 17.9 Å². The topological polar surface area (TPSA) is 218 Å². The van der Waals surface area contributed by atoms with Gasteiger partial charge in [-0.05, 0) is 167 Å². The summed E-state index contributed by atoms with van der Waals surface area (Å²) in [5.74, 6) is -1.04. The molecule has 5 aromatic rings. The fourth-order valence-electron chi connectivity index (χ4n) is 12.6. The molecule has 0 saturated carbocycles. The summed E-state index contributed by atoms with van der Waals surface area (Å²) in [6, 6.07) is 22.9. The molecule has 3 aromatic carbocycles. The van der Waals surface area contributed by atoms with Gasteiger partial charge in [-0.2, -0.15) is 9.97 Å². The smallest absolute Gasteiger partial charge is 0.354 e. The molecular weight excluding hydrogens is 1170 g/mol. The van der Waals surface area contributed by atoms with Crippen LogP contribution in [-0.4, -0.2) is 182 Å². The number of rotatable bonds is 21. The van der Waals surface area contributed by atoms with Crippen LogP contribution in [0, 0.1) is 18.4 Å². The molecule has 2 atom stereocenters. The Balaban J connectivity index is 0.722. The number of piperazine rings is 1. The Hall–Kier alpha value is -7.03. The van der Waals surface area contributed by atoms with Gasteiger partial charge in [0.2, 0.25) is 12.5 Å². The van der Waals surface area contributed by atoms with Crippen LogP contribution in [0.15, 0.2) is 85.5 Å². The molecule has 20 nitrogen and oxygen atoms in total. The normalized spacial score (nSPS) is 20.2. The first-order valence-electron chi connectivity index (χ1n) is 31.5. The fraction of sp³-hybridized carbons (Fsp3) is 0.522. The van der Waals surface area contributed by atoms with Crippen LogP contribution in [0.1, 0.15) is 108 Å². The maximum absolute atomic E-state index is 12.9. The van der Waals surface area contributed by atoms with Gasteiger partial charge in [0.25, 0.3) is 0 Å². The first-order chi connectivity index (χ1) is 43.4. The highest BCUT2D eigenvalue weighted by Crippen LogP contribution is 2.38. The number of ether oxygens (including phenoxy) is 5. The number of carbonyl (C=O) groups excluding carboxylic acids is 1. The van der Waals surface area contributed by atoms with E-state index in [-0.39, 0.29) is 47.6 Å². The van der Waals surface area contributed by atoms with Crippen molar-refractivity contribution in [1.82, 2.24) is 30.1 Å². The molecule has 4 N–H and O–H groups in total. The summed E-state index contributed by atoms with van der Waals surface area (Å²) in [6.07, 6.45) is 12.5. The standard InChI is InChI=1S/C67H85ClN10O10S/c1-3-61(79)78-29-28-77(44-55(78)43-69-2)63-56-19-27-76(60-18-9-13-50-12-8-16-57(68)62(50)60)45-59(56)73-66(74-63)88-46-54-15-11-26-75(54)25-7-5-4-6-24-70-67(89)72-53-41-49(39-51(42-53)64(80)81)38-47-20-30-84-34-36-86-32-22-48(23-33-87-37-35-85-31-21-47)40-52-14-10-17-58(71-52)65(82)83/h3,8-10,12-14,16-18,39,41-42,47-48,54-55H,1,4-7,11,15,19-38,40,43-46H2,(H,80,81)(H,82,83)(H2,70,72,89)/t47?,48?,54-,55-/m0/s1. The number of carbonyl (C=O) groups is 3. The molecule has 89 heavy (non-hydrogen) atoms. The van der Waals surface area contributed by atoms with Gasteiger partial charge in [-0.1, -0.05) is 61.4 Å². The lowest BCUT2D eigenvalue weighted by Gasteiger charge is -2.41. The van der Waals surface area contributed by atoms with Crippen molar-refractivity contribution < 1.29 is 48.3 Å². The Labute approximate surface area is 533 Å². The van der Waals surface area contributed by atoms with Gasteiger partial charge in [0, 0.05) is 93.2 Å². The Morgan fingerprint density at radius 2 is 1.48 bits per heavy atom. The first kappa shape index (κ1) is 66.4. The zero-order valence-corrected chi connectivity index (χ0v) is 52.5. The molecule has 0 radical (unpaired) electrons. The average molecular weight is 1260 g/mol. The van der Waals surface area contributed by atoms with Crippen molar-refractivity contribution in [2.45, 2.75) is 102 Å². The van der Waals surface area contributed by atoms with Crippen molar-refractivity contribution in [1.29, 1.82) is 0 Å².